The molecular formula is C16H14ClNO2. The summed E-state index contributed by atoms with van der Waals surface area (Å²) in [6.45, 7) is 0. The third-order valence-electron chi connectivity index (χ3n) is 4.12. The van der Waals surface area contributed by atoms with Crippen molar-refractivity contribution in [3.05, 3.63) is 53.3 Å². The molecule has 2 aromatic rings. The predicted octanol–water partition coefficient (Wildman–Crippen LogP) is 3.91. The van der Waals surface area contributed by atoms with Gasteiger partial charge in [-0.3, -0.25) is 9.78 Å². The maximum Gasteiger partial charge on any atom is 0.314 e. The molecule has 0 atom stereocenters. The second-order valence-electron chi connectivity index (χ2n) is 5.18. The number of hydrogen-bond donors (Lipinski definition) is 1. The Bertz CT molecular complexity index is 665. The van der Waals surface area contributed by atoms with Crippen molar-refractivity contribution in [3.63, 3.8) is 0 Å². The summed E-state index contributed by atoms with van der Waals surface area (Å²) in [5.74, 6) is -0.735. The summed E-state index contributed by atoms with van der Waals surface area (Å²) in [7, 11) is 0. The van der Waals surface area contributed by atoms with Gasteiger partial charge in [-0.25, -0.2) is 0 Å². The predicted molar refractivity (Wildman–Crippen MR) is 77.8 cm³/mol. The Hall–Kier alpha value is -1.87. The van der Waals surface area contributed by atoms with Crippen molar-refractivity contribution in [2.24, 2.45) is 0 Å². The van der Waals surface area contributed by atoms with Crippen LogP contribution < -0.4 is 0 Å². The zero-order valence-electron chi connectivity index (χ0n) is 10.8. The first-order valence-corrected chi connectivity index (χ1v) is 6.95. The van der Waals surface area contributed by atoms with Gasteiger partial charge in [-0.2, -0.15) is 0 Å². The van der Waals surface area contributed by atoms with Gasteiger partial charge < -0.3 is 5.11 Å². The number of aliphatic carboxylic acids is 1. The SMILES string of the molecule is O=C(O)C1(c2cccc(-c3ccncc3Cl)c2)CCC1. The minimum atomic E-state index is -0.735. The van der Waals surface area contributed by atoms with Gasteiger partial charge in [-0.05, 0) is 36.1 Å². The number of rotatable bonds is 3. The molecule has 1 aliphatic carbocycles. The molecule has 1 fully saturated rings. The van der Waals surface area contributed by atoms with Crippen LogP contribution in [0.3, 0.4) is 0 Å². The van der Waals surface area contributed by atoms with Crippen molar-refractivity contribution < 1.29 is 9.90 Å². The topological polar surface area (TPSA) is 50.2 Å². The van der Waals surface area contributed by atoms with E-state index in [0.29, 0.717) is 17.9 Å². The first-order chi connectivity index (χ1) is 9.63. The van der Waals surface area contributed by atoms with E-state index in [4.69, 9.17) is 11.6 Å². The maximum absolute atomic E-state index is 11.6. The van der Waals surface area contributed by atoms with Crippen LogP contribution in [0.25, 0.3) is 11.1 Å². The molecule has 1 saturated carbocycles. The van der Waals surface area contributed by atoms with E-state index in [2.05, 4.69) is 4.98 Å². The fourth-order valence-corrected chi connectivity index (χ4v) is 2.98. The van der Waals surface area contributed by atoms with Crippen molar-refractivity contribution in [2.75, 3.05) is 0 Å². The van der Waals surface area contributed by atoms with E-state index in [-0.39, 0.29) is 0 Å². The van der Waals surface area contributed by atoms with Crippen molar-refractivity contribution in [1.29, 1.82) is 0 Å². The van der Waals surface area contributed by atoms with Gasteiger partial charge in [0.1, 0.15) is 0 Å². The summed E-state index contributed by atoms with van der Waals surface area (Å²) in [6, 6.07) is 9.51. The average molecular weight is 288 g/mol. The highest BCUT2D eigenvalue weighted by Gasteiger charge is 2.45. The molecule has 0 bridgehead atoms. The number of pyridine rings is 1. The summed E-state index contributed by atoms with van der Waals surface area (Å²) in [5.41, 5.74) is 1.96. The number of aromatic nitrogens is 1. The third-order valence-corrected chi connectivity index (χ3v) is 4.42. The van der Waals surface area contributed by atoms with Crippen molar-refractivity contribution in [3.8, 4) is 11.1 Å². The molecule has 1 aliphatic rings. The first kappa shape index (κ1) is 13.1. The molecule has 0 saturated heterocycles. The van der Waals surface area contributed by atoms with Gasteiger partial charge in [0, 0.05) is 18.0 Å². The molecule has 1 N–H and O–H groups in total. The highest BCUT2D eigenvalue weighted by molar-refractivity contribution is 6.33. The van der Waals surface area contributed by atoms with Crippen LogP contribution in [-0.4, -0.2) is 16.1 Å². The standard InChI is InChI=1S/C16H14ClNO2/c17-14-10-18-8-5-13(14)11-3-1-4-12(9-11)16(15(19)20)6-2-7-16/h1,3-5,8-10H,2,6-7H2,(H,19,20). The summed E-state index contributed by atoms with van der Waals surface area (Å²) in [5, 5.41) is 10.1. The Balaban J connectivity index is 2.07. The molecule has 4 heteroatoms. The summed E-state index contributed by atoms with van der Waals surface area (Å²) in [4.78, 5) is 15.6. The van der Waals surface area contributed by atoms with Gasteiger partial charge in [0.15, 0.2) is 0 Å². The van der Waals surface area contributed by atoms with Gasteiger partial charge >= 0.3 is 5.97 Å². The minimum Gasteiger partial charge on any atom is -0.481 e. The van der Waals surface area contributed by atoms with E-state index in [1.165, 1.54) is 0 Å². The average Bonchev–Trinajstić information content (AvgIpc) is 2.38. The number of hydrogen-bond acceptors (Lipinski definition) is 2. The number of nitrogens with zero attached hydrogens (tertiary/aromatic N) is 1. The van der Waals surface area contributed by atoms with E-state index in [0.717, 1.165) is 23.1 Å². The molecule has 0 radical (unpaired) electrons. The van der Waals surface area contributed by atoms with E-state index >= 15 is 0 Å². The fraction of sp³-hybridized carbons (Fsp3) is 0.250. The third kappa shape index (κ3) is 1.98. The van der Waals surface area contributed by atoms with Crippen LogP contribution in [0.1, 0.15) is 24.8 Å². The first-order valence-electron chi connectivity index (χ1n) is 6.57. The Labute approximate surface area is 122 Å². The maximum atomic E-state index is 11.6. The molecule has 102 valence electrons. The molecule has 0 aliphatic heterocycles. The number of halogens is 1. The molecule has 0 spiro atoms. The number of benzene rings is 1. The Morgan fingerprint density at radius 2 is 2.10 bits per heavy atom. The number of carbonyl (C=O) groups is 1. The molecule has 3 rings (SSSR count). The van der Waals surface area contributed by atoms with Gasteiger partial charge in [0.25, 0.3) is 0 Å². The molecule has 0 amide bonds. The monoisotopic (exact) mass is 287 g/mol. The zero-order chi connectivity index (χ0) is 14.2. The molecule has 1 heterocycles. The molecule has 1 aromatic heterocycles. The Morgan fingerprint density at radius 3 is 2.70 bits per heavy atom. The lowest BCUT2D eigenvalue weighted by Gasteiger charge is -2.38. The lowest BCUT2D eigenvalue weighted by Crippen LogP contribution is -2.42. The van der Waals surface area contributed by atoms with Crippen LogP contribution in [0.4, 0.5) is 0 Å². The highest BCUT2D eigenvalue weighted by atomic mass is 35.5. The van der Waals surface area contributed by atoms with Crippen LogP contribution in [0.15, 0.2) is 42.7 Å². The molecule has 20 heavy (non-hydrogen) atoms. The van der Waals surface area contributed by atoms with Crippen LogP contribution >= 0.6 is 11.6 Å². The van der Waals surface area contributed by atoms with E-state index in [1.807, 2.05) is 30.3 Å². The molecule has 1 aromatic carbocycles. The van der Waals surface area contributed by atoms with Gasteiger partial charge in [0.2, 0.25) is 0 Å². The molecular weight excluding hydrogens is 274 g/mol. The minimum absolute atomic E-state index is 0.572. The number of carboxylic acids is 1. The highest BCUT2D eigenvalue weighted by Crippen LogP contribution is 2.45. The fourth-order valence-electron chi connectivity index (χ4n) is 2.75. The Morgan fingerprint density at radius 1 is 1.30 bits per heavy atom. The molecule has 3 nitrogen and oxygen atoms in total. The van der Waals surface area contributed by atoms with E-state index in [9.17, 15) is 9.90 Å². The largest absolute Gasteiger partial charge is 0.481 e. The van der Waals surface area contributed by atoms with Gasteiger partial charge in [-0.15, -0.1) is 0 Å². The van der Waals surface area contributed by atoms with E-state index < -0.39 is 11.4 Å². The van der Waals surface area contributed by atoms with Gasteiger partial charge in [-0.1, -0.05) is 36.2 Å². The zero-order valence-corrected chi connectivity index (χ0v) is 11.6. The van der Waals surface area contributed by atoms with Crippen LogP contribution in [0, 0.1) is 0 Å². The molecule has 0 unspecified atom stereocenters. The quantitative estimate of drug-likeness (QED) is 0.931. The van der Waals surface area contributed by atoms with Crippen LogP contribution in [0.5, 0.6) is 0 Å². The van der Waals surface area contributed by atoms with Crippen molar-refractivity contribution in [2.45, 2.75) is 24.7 Å². The summed E-state index contributed by atoms with van der Waals surface area (Å²) < 4.78 is 0. The normalized spacial score (nSPS) is 16.4. The second-order valence-corrected chi connectivity index (χ2v) is 5.58. The lowest BCUT2D eigenvalue weighted by atomic mass is 9.64. The van der Waals surface area contributed by atoms with Crippen molar-refractivity contribution >= 4 is 17.6 Å². The lowest BCUT2D eigenvalue weighted by molar-refractivity contribution is -0.147. The van der Waals surface area contributed by atoms with E-state index in [1.54, 1.807) is 12.4 Å². The Kier molecular flexibility index (Phi) is 3.22. The van der Waals surface area contributed by atoms with Crippen LogP contribution in [-0.2, 0) is 10.2 Å². The van der Waals surface area contributed by atoms with Crippen molar-refractivity contribution in [1.82, 2.24) is 4.98 Å². The van der Waals surface area contributed by atoms with Gasteiger partial charge in [0.05, 0.1) is 10.4 Å². The van der Waals surface area contributed by atoms with Crippen LogP contribution in [0.2, 0.25) is 5.02 Å². The number of carboxylic acid groups (broad SMARTS) is 1. The summed E-state index contributed by atoms with van der Waals surface area (Å²) >= 11 is 6.16. The summed E-state index contributed by atoms with van der Waals surface area (Å²) in [6.07, 6.45) is 5.66. The second kappa shape index (κ2) is 4.91. The smallest absolute Gasteiger partial charge is 0.314 e.